The fourth-order valence-corrected chi connectivity index (χ4v) is 3.44. The number of aromatic nitrogens is 1. The van der Waals surface area contributed by atoms with Crippen molar-refractivity contribution in [2.75, 3.05) is 0 Å². The number of nitrogens with zero attached hydrogens (tertiary/aromatic N) is 1. The molecule has 3 aromatic rings. The van der Waals surface area contributed by atoms with Gasteiger partial charge in [0.05, 0.1) is 22.0 Å². The third-order valence-electron chi connectivity index (χ3n) is 3.20. The number of carbonyl (C=O) groups excluding carboxylic acids is 1. The van der Waals surface area contributed by atoms with Crippen molar-refractivity contribution in [1.82, 2.24) is 4.57 Å². The van der Waals surface area contributed by atoms with Crippen LogP contribution in [0.2, 0.25) is 10.0 Å². The Hall–Kier alpha value is -1.62. The van der Waals surface area contributed by atoms with Crippen LogP contribution in [0.5, 0.6) is 0 Å². The molecule has 0 atom stereocenters. The predicted octanol–water partition coefficient (Wildman–Crippen LogP) is 4.24. The van der Waals surface area contributed by atoms with Gasteiger partial charge in [0, 0.05) is 21.8 Å². The minimum atomic E-state index is -0.179. The van der Waals surface area contributed by atoms with E-state index in [2.05, 4.69) is 0 Å². The largest absolute Gasteiger partial charge is 0.308 e. The van der Waals surface area contributed by atoms with Gasteiger partial charge in [0.2, 0.25) is 0 Å². The molecule has 0 aliphatic heterocycles. The molecule has 6 heteroatoms. The molecule has 0 amide bonds. The molecule has 0 fully saturated rings. The summed E-state index contributed by atoms with van der Waals surface area (Å²) in [6, 6.07) is 7.11. The lowest BCUT2D eigenvalue weighted by molar-refractivity contribution is -0.108. The molecule has 1 aromatic carbocycles. The Kier molecular flexibility index (Phi) is 3.85. The number of benzene rings is 1. The molecule has 2 heterocycles. The maximum atomic E-state index is 12.5. The summed E-state index contributed by atoms with van der Waals surface area (Å²) >= 11 is 13.5. The summed E-state index contributed by atoms with van der Waals surface area (Å²) in [5, 5.41) is 3.43. The van der Waals surface area contributed by atoms with Crippen LogP contribution in [0.25, 0.3) is 21.2 Å². The average molecular weight is 338 g/mol. The van der Waals surface area contributed by atoms with E-state index in [1.54, 1.807) is 18.3 Å². The van der Waals surface area contributed by atoms with Gasteiger partial charge in [-0.2, -0.15) is 0 Å². The first kappa shape index (κ1) is 14.3. The number of aldehydes is 1. The fraction of sp³-hybridized carbons (Fsp3) is 0.0667. The Morgan fingerprint density at radius 2 is 2.00 bits per heavy atom. The number of halogens is 2. The third kappa shape index (κ3) is 2.50. The van der Waals surface area contributed by atoms with E-state index in [9.17, 15) is 9.59 Å². The molecule has 0 N–H and O–H groups in total. The quantitative estimate of drug-likeness (QED) is 0.670. The second-order valence-electron chi connectivity index (χ2n) is 4.46. The highest BCUT2D eigenvalue weighted by molar-refractivity contribution is 7.17. The maximum absolute atomic E-state index is 12.5. The van der Waals surface area contributed by atoms with E-state index >= 15 is 0 Å². The van der Waals surface area contributed by atoms with E-state index in [0.717, 1.165) is 15.8 Å². The van der Waals surface area contributed by atoms with E-state index in [-0.39, 0.29) is 12.1 Å². The van der Waals surface area contributed by atoms with Crippen LogP contribution in [-0.2, 0) is 11.3 Å². The first-order valence-electron chi connectivity index (χ1n) is 6.11. The number of pyridine rings is 1. The van der Waals surface area contributed by atoms with Gasteiger partial charge in [0.1, 0.15) is 6.29 Å². The van der Waals surface area contributed by atoms with Crippen LogP contribution < -0.4 is 5.56 Å². The van der Waals surface area contributed by atoms with Crippen LogP contribution in [-0.4, -0.2) is 10.9 Å². The van der Waals surface area contributed by atoms with Crippen molar-refractivity contribution in [2.45, 2.75) is 6.54 Å². The van der Waals surface area contributed by atoms with E-state index in [1.807, 2.05) is 17.5 Å². The first-order valence-corrected chi connectivity index (χ1v) is 7.75. The molecule has 21 heavy (non-hydrogen) atoms. The molecule has 0 saturated heterocycles. The van der Waals surface area contributed by atoms with Crippen molar-refractivity contribution in [3.05, 3.63) is 56.2 Å². The van der Waals surface area contributed by atoms with Gasteiger partial charge in [-0.25, -0.2) is 0 Å². The molecular formula is C15H9Cl2NO2S. The van der Waals surface area contributed by atoms with Crippen molar-refractivity contribution in [2.24, 2.45) is 0 Å². The molecule has 0 aliphatic carbocycles. The topological polar surface area (TPSA) is 39.1 Å². The second-order valence-corrected chi connectivity index (χ2v) is 6.18. The Bertz CT molecular complexity index is 898. The smallest absolute Gasteiger partial charge is 0.260 e. The molecule has 0 spiro atoms. The Labute approximate surface area is 134 Å². The van der Waals surface area contributed by atoms with Crippen LogP contribution in [0.1, 0.15) is 0 Å². The van der Waals surface area contributed by atoms with Gasteiger partial charge in [0.15, 0.2) is 0 Å². The normalized spacial score (nSPS) is 11.0. The van der Waals surface area contributed by atoms with Gasteiger partial charge in [-0.15, -0.1) is 11.3 Å². The zero-order valence-electron chi connectivity index (χ0n) is 10.7. The molecule has 0 saturated carbocycles. The number of carbonyl (C=O) groups is 1. The molecule has 3 nitrogen and oxygen atoms in total. The molecule has 0 bridgehead atoms. The standard InChI is InChI=1S/C15H9Cl2NO2S/c16-11-2-1-9(7-12(11)17)10-8-21-13-3-4-18(5-6-19)15(20)14(10)13/h1-4,6-8H,5H2. The maximum Gasteiger partial charge on any atom is 0.260 e. The summed E-state index contributed by atoms with van der Waals surface area (Å²) in [7, 11) is 0. The highest BCUT2D eigenvalue weighted by Crippen LogP contribution is 2.34. The lowest BCUT2D eigenvalue weighted by atomic mass is 10.1. The van der Waals surface area contributed by atoms with Gasteiger partial charge in [-0.3, -0.25) is 4.79 Å². The van der Waals surface area contributed by atoms with Crippen LogP contribution >= 0.6 is 34.5 Å². The number of hydrogen-bond acceptors (Lipinski definition) is 3. The SMILES string of the molecule is O=CCn1ccc2scc(-c3ccc(Cl)c(Cl)c3)c2c1=O. The summed E-state index contributed by atoms with van der Waals surface area (Å²) in [5.41, 5.74) is 1.46. The molecule has 0 unspecified atom stereocenters. The van der Waals surface area contributed by atoms with Crippen LogP contribution in [0.15, 0.2) is 40.6 Å². The third-order valence-corrected chi connectivity index (χ3v) is 4.89. The van der Waals surface area contributed by atoms with Crippen molar-refractivity contribution in [3.8, 4) is 11.1 Å². The van der Waals surface area contributed by atoms with Crippen molar-refractivity contribution in [1.29, 1.82) is 0 Å². The highest BCUT2D eigenvalue weighted by atomic mass is 35.5. The summed E-state index contributed by atoms with van der Waals surface area (Å²) in [6.45, 7) is 0.0471. The monoisotopic (exact) mass is 337 g/mol. The van der Waals surface area contributed by atoms with E-state index in [1.165, 1.54) is 15.9 Å². The Balaban J connectivity index is 2.27. The predicted molar refractivity (Wildman–Crippen MR) is 87.6 cm³/mol. The lowest BCUT2D eigenvalue weighted by Gasteiger charge is -2.04. The minimum Gasteiger partial charge on any atom is -0.308 e. The number of thiophene rings is 1. The van der Waals surface area contributed by atoms with Crippen LogP contribution in [0.4, 0.5) is 0 Å². The summed E-state index contributed by atoms with van der Waals surface area (Å²) in [4.78, 5) is 23.1. The van der Waals surface area contributed by atoms with Gasteiger partial charge < -0.3 is 9.36 Å². The number of fused-ring (bicyclic) bond motifs is 1. The van der Waals surface area contributed by atoms with Gasteiger partial charge in [-0.05, 0) is 23.8 Å². The molecule has 106 valence electrons. The van der Waals surface area contributed by atoms with E-state index in [0.29, 0.717) is 21.7 Å². The van der Waals surface area contributed by atoms with E-state index in [4.69, 9.17) is 23.2 Å². The van der Waals surface area contributed by atoms with Crippen LogP contribution in [0, 0.1) is 0 Å². The summed E-state index contributed by atoms with van der Waals surface area (Å²) in [6.07, 6.45) is 2.34. The number of rotatable bonds is 3. The molecule has 3 rings (SSSR count). The number of hydrogen-bond donors (Lipinski definition) is 0. The molecule has 0 aliphatic rings. The fourth-order valence-electron chi connectivity index (χ4n) is 2.19. The Morgan fingerprint density at radius 1 is 1.19 bits per heavy atom. The summed E-state index contributed by atoms with van der Waals surface area (Å²) < 4.78 is 2.27. The minimum absolute atomic E-state index is 0.0471. The molecule has 0 radical (unpaired) electrons. The first-order chi connectivity index (χ1) is 10.1. The van der Waals surface area contributed by atoms with E-state index < -0.39 is 0 Å². The molecular weight excluding hydrogens is 329 g/mol. The van der Waals surface area contributed by atoms with Gasteiger partial charge >= 0.3 is 0 Å². The lowest BCUT2D eigenvalue weighted by Crippen LogP contribution is -2.19. The highest BCUT2D eigenvalue weighted by Gasteiger charge is 2.13. The second kappa shape index (κ2) is 5.64. The van der Waals surface area contributed by atoms with Crippen LogP contribution in [0.3, 0.4) is 0 Å². The van der Waals surface area contributed by atoms with Crippen molar-refractivity contribution < 1.29 is 4.79 Å². The van der Waals surface area contributed by atoms with Gasteiger partial charge in [-0.1, -0.05) is 29.3 Å². The zero-order chi connectivity index (χ0) is 15.0. The Morgan fingerprint density at radius 3 is 2.71 bits per heavy atom. The summed E-state index contributed by atoms with van der Waals surface area (Å²) in [5.74, 6) is 0. The van der Waals surface area contributed by atoms with Crippen molar-refractivity contribution in [3.63, 3.8) is 0 Å². The molecule has 2 aromatic heterocycles. The van der Waals surface area contributed by atoms with Crippen molar-refractivity contribution >= 4 is 50.9 Å². The van der Waals surface area contributed by atoms with Gasteiger partial charge in [0.25, 0.3) is 5.56 Å². The average Bonchev–Trinajstić information content (AvgIpc) is 2.90. The zero-order valence-corrected chi connectivity index (χ0v) is 13.0.